The predicted molar refractivity (Wildman–Crippen MR) is 95.0 cm³/mol. The summed E-state index contributed by atoms with van der Waals surface area (Å²) in [6.07, 6.45) is 3.64. The van der Waals surface area contributed by atoms with Crippen molar-refractivity contribution in [1.29, 1.82) is 0 Å². The molecular formula is C16H14N4O2S2. The molecule has 0 unspecified atom stereocenters. The van der Waals surface area contributed by atoms with Gasteiger partial charge in [-0.25, -0.2) is 9.97 Å². The quantitative estimate of drug-likeness (QED) is 0.594. The maximum atomic E-state index is 12.4. The minimum Gasteiger partial charge on any atom is -0.478 e. The lowest BCUT2D eigenvalue weighted by Gasteiger charge is -2.09. The maximum Gasteiger partial charge on any atom is 0.261 e. The van der Waals surface area contributed by atoms with Gasteiger partial charge in [0.05, 0.1) is 17.0 Å². The van der Waals surface area contributed by atoms with E-state index in [4.69, 9.17) is 4.74 Å². The van der Waals surface area contributed by atoms with Crippen LogP contribution < -0.4 is 10.1 Å². The zero-order chi connectivity index (χ0) is 16.5. The van der Waals surface area contributed by atoms with Crippen LogP contribution in [-0.2, 0) is 6.54 Å². The van der Waals surface area contributed by atoms with Gasteiger partial charge in [0.15, 0.2) is 4.96 Å². The van der Waals surface area contributed by atoms with Gasteiger partial charge in [0.1, 0.15) is 4.83 Å². The SMILES string of the molecule is CCOc1ncccc1CNC(=O)c1cc2c(nc3sccn32)s1. The Kier molecular flexibility index (Phi) is 3.91. The molecule has 0 aliphatic rings. The molecule has 0 fully saturated rings. The van der Waals surface area contributed by atoms with Gasteiger partial charge < -0.3 is 10.1 Å². The van der Waals surface area contributed by atoms with E-state index in [1.165, 1.54) is 11.3 Å². The molecule has 0 aliphatic heterocycles. The van der Waals surface area contributed by atoms with Gasteiger partial charge in [0.25, 0.3) is 5.91 Å². The predicted octanol–water partition coefficient (Wildman–Crippen LogP) is 3.33. The standard InChI is InChI=1S/C16H14N4O2S2/c1-2-22-14-10(4-3-5-17-14)9-18-13(21)12-8-11-15(24-12)19-16-20(11)6-7-23-16/h3-8H,2,9H2,1H3,(H,18,21). The summed E-state index contributed by atoms with van der Waals surface area (Å²) in [5, 5.41) is 4.91. The van der Waals surface area contributed by atoms with E-state index in [0.29, 0.717) is 23.9 Å². The number of pyridine rings is 1. The second-order valence-electron chi connectivity index (χ2n) is 5.05. The molecule has 24 heavy (non-hydrogen) atoms. The largest absolute Gasteiger partial charge is 0.478 e. The first kappa shape index (κ1) is 15.1. The minimum absolute atomic E-state index is 0.117. The summed E-state index contributed by atoms with van der Waals surface area (Å²) in [4.78, 5) is 23.6. The second-order valence-corrected chi connectivity index (χ2v) is 6.96. The van der Waals surface area contributed by atoms with E-state index in [-0.39, 0.29) is 5.91 Å². The molecule has 4 aromatic rings. The number of fused-ring (bicyclic) bond motifs is 3. The molecule has 0 atom stereocenters. The normalized spacial score (nSPS) is 11.2. The Bertz CT molecular complexity index is 1020. The van der Waals surface area contributed by atoms with Crippen molar-refractivity contribution in [3.05, 3.63) is 46.4 Å². The van der Waals surface area contributed by atoms with Gasteiger partial charge >= 0.3 is 0 Å². The van der Waals surface area contributed by atoms with Crippen LogP contribution in [0.3, 0.4) is 0 Å². The summed E-state index contributed by atoms with van der Waals surface area (Å²) in [6.45, 7) is 2.82. The van der Waals surface area contributed by atoms with Crippen LogP contribution in [0.4, 0.5) is 0 Å². The Balaban J connectivity index is 1.53. The first-order valence-corrected chi connectivity index (χ1v) is 9.16. The molecule has 0 saturated carbocycles. The van der Waals surface area contributed by atoms with E-state index >= 15 is 0 Å². The van der Waals surface area contributed by atoms with E-state index < -0.39 is 0 Å². The zero-order valence-corrected chi connectivity index (χ0v) is 14.5. The monoisotopic (exact) mass is 358 g/mol. The maximum absolute atomic E-state index is 12.4. The Morgan fingerprint density at radius 3 is 3.25 bits per heavy atom. The fourth-order valence-electron chi connectivity index (χ4n) is 2.45. The van der Waals surface area contributed by atoms with Gasteiger partial charge in [-0.05, 0) is 19.1 Å². The van der Waals surface area contributed by atoms with Gasteiger partial charge in [-0.2, -0.15) is 0 Å². The van der Waals surface area contributed by atoms with Crippen LogP contribution in [0.1, 0.15) is 22.2 Å². The average Bonchev–Trinajstić information content (AvgIpc) is 3.26. The number of nitrogens with one attached hydrogen (secondary N) is 1. The highest BCUT2D eigenvalue weighted by atomic mass is 32.1. The third-order valence-corrected chi connectivity index (χ3v) is 5.31. The summed E-state index contributed by atoms with van der Waals surface area (Å²) in [5.41, 5.74) is 1.83. The number of rotatable bonds is 5. The second kappa shape index (κ2) is 6.21. The Morgan fingerprint density at radius 1 is 1.46 bits per heavy atom. The van der Waals surface area contributed by atoms with Gasteiger partial charge in [-0.3, -0.25) is 9.20 Å². The summed E-state index contributed by atoms with van der Waals surface area (Å²) in [7, 11) is 0. The fraction of sp³-hybridized carbons (Fsp3) is 0.188. The topological polar surface area (TPSA) is 68.5 Å². The summed E-state index contributed by atoms with van der Waals surface area (Å²) in [5.74, 6) is 0.440. The number of thiophene rings is 1. The minimum atomic E-state index is -0.117. The molecule has 0 radical (unpaired) electrons. The number of imidazole rings is 1. The molecule has 0 spiro atoms. The van der Waals surface area contributed by atoms with Gasteiger partial charge in [-0.1, -0.05) is 6.07 Å². The lowest BCUT2D eigenvalue weighted by Crippen LogP contribution is -2.22. The average molecular weight is 358 g/mol. The van der Waals surface area contributed by atoms with Crippen LogP contribution in [0.25, 0.3) is 15.3 Å². The van der Waals surface area contributed by atoms with Crippen molar-refractivity contribution in [1.82, 2.24) is 19.7 Å². The van der Waals surface area contributed by atoms with Gasteiger partial charge in [0.2, 0.25) is 5.88 Å². The van der Waals surface area contributed by atoms with Crippen molar-refractivity contribution in [2.75, 3.05) is 6.61 Å². The lowest BCUT2D eigenvalue weighted by atomic mass is 10.2. The van der Waals surface area contributed by atoms with Crippen LogP contribution in [0.2, 0.25) is 0 Å². The first-order valence-electron chi connectivity index (χ1n) is 7.46. The molecule has 6 nitrogen and oxygen atoms in total. The number of hydrogen-bond acceptors (Lipinski definition) is 6. The Labute approximate surface area is 145 Å². The molecule has 4 aromatic heterocycles. The van der Waals surface area contributed by atoms with Crippen molar-refractivity contribution >= 4 is 43.9 Å². The lowest BCUT2D eigenvalue weighted by molar-refractivity contribution is 0.0954. The number of carbonyl (C=O) groups excluding carboxylic acids is 1. The van der Waals surface area contributed by atoms with Crippen LogP contribution in [0.15, 0.2) is 36.0 Å². The zero-order valence-electron chi connectivity index (χ0n) is 12.9. The highest BCUT2D eigenvalue weighted by molar-refractivity contribution is 7.21. The van der Waals surface area contributed by atoms with Crippen LogP contribution in [0, 0.1) is 0 Å². The smallest absolute Gasteiger partial charge is 0.261 e. The number of ether oxygens (including phenoxy) is 1. The van der Waals surface area contributed by atoms with E-state index in [0.717, 1.165) is 20.9 Å². The molecule has 0 saturated heterocycles. The molecule has 0 bridgehead atoms. The van der Waals surface area contributed by atoms with Crippen molar-refractivity contribution in [3.63, 3.8) is 0 Å². The van der Waals surface area contributed by atoms with E-state index in [2.05, 4.69) is 15.3 Å². The van der Waals surface area contributed by atoms with E-state index in [1.807, 2.05) is 41.1 Å². The number of thiazole rings is 1. The van der Waals surface area contributed by atoms with Gasteiger partial charge in [0, 0.05) is 29.9 Å². The number of hydrogen-bond donors (Lipinski definition) is 1. The highest BCUT2D eigenvalue weighted by Gasteiger charge is 2.15. The Morgan fingerprint density at radius 2 is 2.38 bits per heavy atom. The van der Waals surface area contributed by atoms with E-state index in [1.54, 1.807) is 17.5 Å². The molecule has 0 aliphatic carbocycles. The molecule has 1 amide bonds. The van der Waals surface area contributed by atoms with E-state index in [9.17, 15) is 4.79 Å². The van der Waals surface area contributed by atoms with Crippen molar-refractivity contribution in [2.45, 2.75) is 13.5 Å². The molecule has 4 heterocycles. The molecular weight excluding hydrogens is 344 g/mol. The molecule has 122 valence electrons. The van der Waals surface area contributed by atoms with Gasteiger partial charge in [-0.15, -0.1) is 22.7 Å². The van der Waals surface area contributed by atoms with Crippen LogP contribution in [0.5, 0.6) is 5.88 Å². The molecule has 8 heteroatoms. The van der Waals surface area contributed by atoms with Crippen LogP contribution >= 0.6 is 22.7 Å². The first-order chi connectivity index (χ1) is 11.8. The Hall–Kier alpha value is -2.45. The highest BCUT2D eigenvalue weighted by Crippen LogP contribution is 2.28. The van der Waals surface area contributed by atoms with Crippen molar-refractivity contribution < 1.29 is 9.53 Å². The molecule has 0 aromatic carbocycles. The number of aromatic nitrogens is 3. The number of amides is 1. The summed E-state index contributed by atoms with van der Waals surface area (Å²) < 4.78 is 7.48. The fourth-order valence-corrected chi connectivity index (χ4v) is 4.16. The number of carbonyl (C=O) groups is 1. The third-order valence-electron chi connectivity index (χ3n) is 3.53. The summed E-state index contributed by atoms with van der Waals surface area (Å²) >= 11 is 2.98. The van der Waals surface area contributed by atoms with Crippen molar-refractivity contribution in [3.8, 4) is 5.88 Å². The summed E-state index contributed by atoms with van der Waals surface area (Å²) in [6, 6.07) is 5.61. The molecule has 4 rings (SSSR count). The van der Waals surface area contributed by atoms with Crippen LogP contribution in [-0.4, -0.2) is 26.9 Å². The van der Waals surface area contributed by atoms with Crippen molar-refractivity contribution in [2.24, 2.45) is 0 Å². The molecule has 1 N–H and O–H groups in total. The third kappa shape index (κ3) is 2.63. The number of nitrogens with zero attached hydrogens (tertiary/aromatic N) is 3.